The summed E-state index contributed by atoms with van der Waals surface area (Å²) in [7, 11) is 0. The molecule has 0 radical (unpaired) electrons. The van der Waals surface area contributed by atoms with Crippen LogP contribution in [-0.4, -0.2) is 30.2 Å². The first-order valence-corrected chi connectivity index (χ1v) is 4.77. The highest BCUT2D eigenvalue weighted by atomic mass is 19.3. The Labute approximate surface area is 76.3 Å². The Morgan fingerprint density at radius 1 is 1.31 bits per heavy atom. The van der Waals surface area contributed by atoms with E-state index in [2.05, 4.69) is 5.32 Å². The fourth-order valence-electron chi connectivity index (χ4n) is 2.30. The molecule has 1 spiro atoms. The largest absolute Gasteiger partial charge is 0.396 e. The summed E-state index contributed by atoms with van der Waals surface area (Å²) in [5, 5.41) is 12.3. The second-order valence-electron chi connectivity index (χ2n) is 4.46. The average molecular weight is 191 g/mol. The van der Waals surface area contributed by atoms with Gasteiger partial charge in [-0.05, 0) is 32.2 Å². The number of piperidine rings is 1. The third kappa shape index (κ3) is 1.46. The van der Waals surface area contributed by atoms with E-state index in [1.807, 2.05) is 0 Å². The van der Waals surface area contributed by atoms with E-state index >= 15 is 0 Å². The van der Waals surface area contributed by atoms with Crippen LogP contribution >= 0.6 is 0 Å². The van der Waals surface area contributed by atoms with E-state index in [9.17, 15) is 8.78 Å². The van der Waals surface area contributed by atoms with Gasteiger partial charge in [-0.15, -0.1) is 0 Å². The van der Waals surface area contributed by atoms with Gasteiger partial charge in [0.05, 0.1) is 12.0 Å². The zero-order chi connectivity index (χ0) is 9.53. The van der Waals surface area contributed by atoms with Crippen molar-refractivity contribution >= 4 is 0 Å². The van der Waals surface area contributed by atoms with Crippen LogP contribution in [0.2, 0.25) is 0 Å². The Kier molecular flexibility index (Phi) is 2.07. The summed E-state index contributed by atoms with van der Waals surface area (Å²) in [5.74, 6) is 0. The molecule has 2 nitrogen and oxygen atoms in total. The van der Waals surface area contributed by atoms with E-state index in [1.54, 1.807) is 0 Å². The molecule has 1 saturated heterocycles. The second-order valence-corrected chi connectivity index (χ2v) is 4.46. The molecule has 0 aromatic heterocycles. The lowest BCUT2D eigenvalue weighted by molar-refractivity contribution is -0.0724. The molecule has 2 aliphatic rings. The number of aliphatic hydroxyl groups excluding tert-OH is 1. The van der Waals surface area contributed by atoms with Gasteiger partial charge in [0.15, 0.2) is 0 Å². The Morgan fingerprint density at radius 2 is 2.00 bits per heavy atom. The molecule has 0 amide bonds. The van der Waals surface area contributed by atoms with Crippen LogP contribution in [0, 0.1) is 5.41 Å². The van der Waals surface area contributed by atoms with Crippen molar-refractivity contribution in [3.63, 3.8) is 0 Å². The highest BCUT2D eigenvalue weighted by molar-refractivity contribution is 5.09. The first-order valence-electron chi connectivity index (χ1n) is 4.77. The fourth-order valence-corrected chi connectivity index (χ4v) is 2.30. The van der Waals surface area contributed by atoms with Crippen LogP contribution in [0.4, 0.5) is 8.78 Å². The van der Waals surface area contributed by atoms with Crippen molar-refractivity contribution in [2.75, 3.05) is 13.2 Å². The minimum Gasteiger partial charge on any atom is -0.396 e. The number of nitrogens with one attached hydrogen (secondary N) is 1. The number of hydrogen-bond donors (Lipinski definition) is 2. The number of rotatable bonds is 2. The third-order valence-electron chi connectivity index (χ3n) is 3.44. The van der Waals surface area contributed by atoms with E-state index in [0.29, 0.717) is 19.4 Å². The van der Waals surface area contributed by atoms with E-state index in [-0.39, 0.29) is 12.1 Å². The van der Waals surface area contributed by atoms with Gasteiger partial charge in [0, 0.05) is 5.54 Å². The van der Waals surface area contributed by atoms with Crippen molar-refractivity contribution in [3.8, 4) is 0 Å². The predicted molar refractivity (Wildman–Crippen MR) is 44.7 cm³/mol. The lowest BCUT2D eigenvalue weighted by Gasteiger charge is -2.40. The lowest BCUT2D eigenvalue weighted by atomic mass is 9.76. The third-order valence-corrected chi connectivity index (χ3v) is 3.44. The van der Waals surface area contributed by atoms with Crippen LogP contribution in [0.25, 0.3) is 0 Å². The van der Waals surface area contributed by atoms with Crippen molar-refractivity contribution < 1.29 is 13.9 Å². The second kappa shape index (κ2) is 2.89. The molecule has 0 aromatic carbocycles. The van der Waals surface area contributed by atoms with Gasteiger partial charge < -0.3 is 10.4 Å². The fraction of sp³-hybridized carbons (Fsp3) is 1.00. The summed E-state index contributed by atoms with van der Waals surface area (Å²) in [6.45, 7) is 0.235. The number of hydrogen-bond acceptors (Lipinski definition) is 2. The SMILES string of the molecule is OCC1(C(F)F)CCNC2(CC2)C1. The van der Waals surface area contributed by atoms with Gasteiger partial charge in [-0.25, -0.2) is 8.78 Å². The minimum absolute atomic E-state index is 0.0442. The molecule has 4 heteroatoms. The van der Waals surface area contributed by atoms with Crippen LogP contribution in [0.3, 0.4) is 0 Å². The average Bonchev–Trinajstić information content (AvgIpc) is 2.84. The van der Waals surface area contributed by atoms with Gasteiger partial charge in [-0.1, -0.05) is 0 Å². The highest BCUT2D eigenvalue weighted by Gasteiger charge is 2.54. The molecule has 1 atom stereocenters. The lowest BCUT2D eigenvalue weighted by Crippen LogP contribution is -2.50. The molecule has 1 unspecified atom stereocenters. The first-order chi connectivity index (χ1) is 6.13. The zero-order valence-electron chi connectivity index (χ0n) is 7.52. The van der Waals surface area contributed by atoms with Crippen molar-refractivity contribution in [2.45, 2.75) is 37.6 Å². The Hall–Kier alpha value is -0.220. The molecule has 2 rings (SSSR count). The smallest absolute Gasteiger partial charge is 0.246 e. The van der Waals surface area contributed by atoms with Crippen molar-refractivity contribution in [1.29, 1.82) is 0 Å². The quantitative estimate of drug-likeness (QED) is 0.686. The summed E-state index contributed by atoms with van der Waals surface area (Å²) in [6, 6.07) is 0. The van der Waals surface area contributed by atoms with E-state index < -0.39 is 11.8 Å². The Bertz CT molecular complexity index is 206. The maximum atomic E-state index is 12.8. The van der Waals surface area contributed by atoms with E-state index in [1.165, 1.54) is 0 Å². The van der Waals surface area contributed by atoms with Crippen molar-refractivity contribution in [3.05, 3.63) is 0 Å². The van der Waals surface area contributed by atoms with Gasteiger partial charge >= 0.3 is 0 Å². The maximum Gasteiger partial charge on any atom is 0.246 e. The van der Waals surface area contributed by atoms with Gasteiger partial charge in [0.2, 0.25) is 6.43 Å². The molecule has 2 fully saturated rings. The molecule has 1 aliphatic heterocycles. The van der Waals surface area contributed by atoms with Crippen molar-refractivity contribution in [1.82, 2.24) is 5.32 Å². The van der Waals surface area contributed by atoms with Crippen molar-refractivity contribution in [2.24, 2.45) is 5.41 Å². The van der Waals surface area contributed by atoms with Crippen LogP contribution in [0.1, 0.15) is 25.7 Å². The van der Waals surface area contributed by atoms with E-state index in [4.69, 9.17) is 5.11 Å². The molecule has 1 heterocycles. The van der Waals surface area contributed by atoms with Gasteiger partial charge in [0.25, 0.3) is 0 Å². The zero-order valence-corrected chi connectivity index (χ0v) is 7.52. The Morgan fingerprint density at radius 3 is 2.46 bits per heavy atom. The Balaban J connectivity index is 2.11. The number of halogens is 2. The monoisotopic (exact) mass is 191 g/mol. The van der Waals surface area contributed by atoms with Crippen LogP contribution in [0.5, 0.6) is 0 Å². The van der Waals surface area contributed by atoms with Crippen LogP contribution in [-0.2, 0) is 0 Å². The topological polar surface area (TPSA) is 32.3 Å². The predicted octanol–water partition coefficient (Wildman–Crippen LogP) is 1.15. The molecule has 0 bridgehead atoms. The summed E-state index contributed by atoms with van der Waals surface area (Å²) in [4.78, 5) is 0. The highest BCUT2D eigenvalue weighted by Crippen LogP contribution is 2.50. The van der Waals surface area contributed by atoms with E-state index in [0.717, 1.165) is 12.8 Å². The summed E-state index contributed by atoms with van der Waals surface area (Å²) in [6.07, 6.45) is 0.414. The van der Waals surface area contributed by atoms with Gasteiger partial charge in [0.1, 0.15) is 0 Å². The molecule has 76 valence electrons. The van der Waals surface area contributed by atoms with Crippen LogP contribution in [0.15, 0.2) is 0 Å². The molecule has 13 heavy (non-hydrogen) atoms. The number of alkyl halides is 2. The van der Waals surface area contributed by atoms with Gasteiger partial charge in [-0.2, -0.15) is 0 Å². The minimum atomic E-state index is -2.39. The molecular formula is C9H15F2NO. The van der Waals surface area contributed by atoms with Crippen LogP contribution < -0.4 is 5.32 Å². The molecule has 0 aromatic rings. The number of aliphatic hydroxyl groups is 1. The molecular weight excluding hydrogens is 176 g/mol. The summed E-state index contributed by atoms with van der Waals surface area (Å²) >= 11 is 0. The first kappa shape index (κ1) is 9.34. The normalized spacial score (nSPS) is 36.9. The molecule has 2 N–H and O–H groups in total. The summed E-state index contributed by atoms with van der Waals surface area (Å²) in [5.41, 5.74) is -1.17. The molecule has 1 saturated carbocycles. The maximum absolute atomic E-state index is 12.8. The summed E-state index contributed by atoms with van der Waals surface area (Å²) < 4.78 is 25.5. The molecule has 1 aliphatic carbocycles. The van der Waals surface area contributed by atoms with Gasteiger partial charge in [-0.3, -0.25) is 0 Å². The standard InChI is InChI=1S/C9H15F2NO/c10-7(11)8(6-13)3-4-12-9(5-8)1-2-9/h7,12-13H,1-6H2.